The van der Waals surface area contributed by atoms with Crippen LogP contribution in [-0.2, 0) is 10.0 Å². The minimum atomic E-state index is -3.62. The number of benzene rings is 2. The molecule has 3 rings (SSSR count). The second-order valence-electron chi connectivity index (χ2n) is 6.87. The Kier molecular flexibility index (Phi) is 6.92. The summed E-state index contributed by atoms with van der Waals surface area (Å²) >= 11 is 3.31. The summed E-state index contributed by atoms with van der Waals surface area (Å²) < 4.78 is 46.5. The van der Waals surface area contributed by atoms with Crippen molar-refractivity contribution >= 4 is 31.9 Å². The number of nitrogens with zero attached hydrogens (tertiary/aromatic N) is 1. The van der Waals surface area contributed by atoms with Crippen LogP contribution in [0.3, 0.4) is 0 Å². The van der Waals surface area contributed by atoms with E-state index >= 15 is 0 Å². The van der Waals surface area contributed by atoms with Crippen LogP contribution in [0.5, 0.6) is 5.75 Å². The van der Waals surface area contributed by atoms with Gasteiger partial charge in [0.2, 0.25) is 10.0 Å². The summed E-state index contributed by atoms with van der Waals surface area (Å²) in [6, 6.07) is 10.0. The van der Waals surface area contributed by atoms with Crippen molar-refractivity contribution in [2.45, 2.75) is 30.7 Å². The van der Waals surface area contributed by atoms with Gasteiger partial charge in [0.15, 0.2) is 11.6 Å². The molecule has 0 spiro atoms. The lowest BCUT2D eigenvalue weighted by Gasteiger charge is -2.18. The molecule has 0 aromatic heterocycles. The topological polar surface area (TPSA) is 75.7 Å². The van der Waals surface area contributed by atoms with Crippen LogP contribution in [0.4, 0.5) is 4.39 Å². The summed E-state index contributed by atoms with van der Waals surface area (Å²) in [6.07, 6.45) is 1.67. The third-order valence-electron chi connectivity index (χ3n) is 4.59. The average molecular weight is 485 g/mol. The number of carbonyl (C=O) groups excluding carboxylic acids is 1. The highest BCUT2D eigenvalue weighted by atomic mass is 79.9. The number of carbonyl (C=O) groups is 1. The predicted molar refractivity (Wildman–Crippen MR) is 111 cm³/mol. The summed E-state index contributed by atoms with van der Waals surface area (Å²) in [6.45, 7) is 2.77. The molecule has 1 amide bonds. The maximum absolute atomic E-state index is 13.6. The van der Waals surface area contributed by atoms with Crippen LogP contribution in [0.15, 0.2) is 51.8 Å². The molecule has 0 aliphatic carbocycles. The normalized spacial score (nSPS) is 15.8. The van der Waals surface area contributed by atoms with E-state index in [1.54, 1.807) is 25.1 Å². The number of para-hydroxylation sites is 1. The maximum Gasteiger partial charge on any atom is 0.252 e. The lowest BCUT2D eigenvalue weighted by atomic mass is 10.2. The fourth-order valence-corrected chi connectivity index (χ4v) is 5.01. The molecule has 1 fully saturated rings. The Balaban J connectivity index is 1.69. The smallest absolute Gasteiger partial charge is 0.252 e. The van der Waals surface area contributed by atoms with Crippen molar-refractivity contribution in [3.05, 3.63) is 58.3 Å². The Morgan fingerprint density at radius 2 is 1.93 bits per heavy atom. The molecule has 9 heteroatoms. The van der Waals surface area contributed by atoms with E-state index in [4.69, 9.17) is 4.74 Å². The molecule has 29 heavy (non-hydrogen) atoms. The Bertz CT molecular complexity index is 994. The van der Waals surface area contributed by atoms with Gasteiger partial charge in [0.1, 0.15) is 6.61 Å². The molecule has 1 heterocycles. The first kappa shape index (κ1) is 21.7. The van der Waals surface area contributed by atoms with Crippen LogP contribution in [0, 0.1) is 5.82 Å². The fraction of sp³-hybridized carbons (Fsp3) is 0.350. The van der Waals surface area contributed by atoms with Gasteiger partial charge in [-0.25, -0.2) is 12.8 Å². The van der Waals surface area contributed by atoms with E-state index < -0.39 is 27.8 Å². The number of hydrogen-bond donors (Lipinski definition) is 1. The van der Waals surface area contributed by atoms with Crippen LogP contribution in [0.1, 0.15) is 30.1 Å². The zero-order valence-corrected chi connectivity index (χ0v) is 18.3. The number of halogens is 2. The summed E-state index contributed by atoms with van der Waals surface area (Å²) in [7, 11) is -3.62. The van der Waals surface area contributed by atoms with Gasteiger partial charge >= 0.3 is 0 Å². The molecule has 1 atom stereocenters. The molecule has 1 aliphatic heterocycles. The van der Waals surface area contributed by atoms with Crippen molar-refractivity contribution in [3.8, 4) is 5.75 Å². The van der Waals surface area contributed by atoms with Gasteiger partial charge in [0.05, 0.1) is 16.5 Å². The van der Waals surface area contributed by atoms with E-state index in [1.807, 2.05) is 0 Å². The molecule has 0 radical (unpaired) electrons. The Hall–Kier alpha value is -1.97. The molecule has 0 bridgehead atoms. The van der Waals surface area contributed by atoms with Crippen LogP contribution >= 0.6 is 15.9 Å². The first-order valence-corrected chi connectivity index (χ1v) is 11.5. The zero-order valence-electron chi connectivity index (χ0n) is 15.9. The molecule has 1 N–H and O–H groups in total. The van der Waals surface area contributed by atoms with Crippen molar-refractivity contribution in [2.24, 2.45) is 0 Å². The summed E-state index contributed by atoms with van der Waals surface area (Å²) in [5, 5.41) is 2.75. The second kappa shape index (κ2) is 9.23. The monoisotopic (exact) mass is 484 g/mol. The zero-order chi connectivity index (χ0) is 21.0. The van der Waals surface area contributed by atoms with E-state index in [0.717, 1.165) is 12.8 Å². The lowest BCUT2D eigenvalue weighted by molar-refractivity contribution is 0.0925. The number of ether oxygens (including phenoxy) is 1. The number of amides is 1. The quantitative estimate of drug-likeness (QED) is 0.651. The van der Waals surface area contributed by atoms with E-state index in [0.29, 0.717) is 17.6 Å². The highest BCUT2D eigenvalue weighted by Gasteiger charge is 2.28. The SMILES string of the molecule is CC(COc1ccccc1F)NC(=O)c1cc(S(=O)(=O)N2CCCC2)ccc1Br. The molecule has 1 unspecified atom stereocenters. The maximum atomic E-state index is 13.6. The van der Waals surface area contributed by atoms with Gasteiger partial charge in [-0.2, -0.15) is 4.31 Å². The van der Waals surface area contributed by atoms with Gasteiger partial charge in [0.25, 0.3) is 5.91 Å². The highest BCUT2D eigenvalue weighted by molar-refractivity contribution is 9.10. The van der Waals surface area contributed by atoms with Crippen LogP contribution in [-0.4, -0.2) is 44.4 Å². The first-order valence-electron chi connectivity index (χ1n) is 9.27. The molecule has 1 aliphatic rings. The predicted octanol–water partition coefficient (Wildman–Crippen LogP) is 3.57. The largest absolute Gasteiger partial charge is 0.488 e. The van der Waals surface area contributed by atoms with Crippen molar-refractivity contribution in [3.63, 3.8) is 0 Å². The van der Waals surface area contributed by atoms with Crippen molar-refractivity contribution in [2.75, 3.05) is 19.7 Å². The third-order valence-corrected chi connectivity index (χ3v) is 7.17. The van der Waals surface area contributed by atoms with Gasteiger partial charge in [-0.05, 0) is 66.0 Å². The van der Waals surface area contributed by atoms with E-state index in [1.165, 1.54) is 28.6 Å². The number of hydrogen-bond acceptors (Lipinski definition) is 4. The fourth-order valence-electron chi connectivity index (χ4n) is 3.04. The van der Waals surface area contributed by atoms with Crippen LogP contribution in [0.2, 0.25) is 0 Å². The molecule has 2 aromatic rings. The Morgan fingerprint density at radius 3 is 2.62 bits per heavy atom. The molecular weight excluding hydrogens is 463 g/mol. The van der Waals surface area contributed by atoms with Gasteiger partial charge in [0, 0.05) is 17.6 Å². The lowest BCUT2D eigenvalue weighted by Crippen LogP contribution is -2.37. The molecule has 0 saturated carbocycles. The summed E-state index contributed by atoms with van der Waals surface area (Å²) in [4.78, 5) is 12.8. The molecular formula is C20H22BrFN2O4S. The van der Waals surface area contributed by atoms with Crippen molar-refractivity contribution in [1.29, 1.82) is 0 Å². The van der Waals surface area contributed by atoms with Crippen molar-refractivity contribution in [1.82, 2.24) is 9.62 Å². The molecule has 156 valence electrons. The number of nitrogens with one attached hydrogen (secondary N) is 1. The van der Waals surface area contributed by atoms with Crippen LogP contribution in [0.25, 0.3) is 0 Å². The molecule has 6 nitrogen and oxygen atoms in total. The standard InChI is InChI=1S/C20H22BrFN2O4S/c1-14(13-28-19-7-3-2-6-18(19)22)23-20(25)16-12-15(8-9-17(16)21)29(26,27)24-10-4-5-11-24/h2-3,6-9,12,14H,4-5,10-11,13H2,1H3,(H,23,25). The summed E-state index contributed by atoms with van der Waals surface area (Å²) in [5.74, 6) is -0.818. The van der Waals surface area contributed by atoms with Gasteiger partial charge in [-0.15, -0.1) is 0 Å². The minimum absolute atomic E-state index is 0.0655. The number of sulfonamides is 1. The van der Waals surface area contributed by atoms with Gasteiger partial charge in [-0.1, -0.05) is 12.1 Å². The molecule has 1 saturated heterocycles. The van der Waals surface area contributed by atoms with E-state index in [2.05, 4.69) is 21.2 Å². The highest BCUT2D eigenvalue weighted by Crippen LogP contribution is 2.25. The van der Waals surface area contributed by atoms with Crippen LogP contribution < -0.4 is 10.1 Å². The second-order valence-corrected chi connectivity index (χ2v) is 9.66. The van der Waals surface area contributed by atoms with Gasteiger partial charge in [-0.3, -0.25) is 4.79 Å². The Morgan fingerprint density at radius 1 is 1.24 bits per heavy atom. The third kappa shape index (κ3) is 5.15. The first-order chi connectivity index (χ1) is 13.8. The summed E-state index contributed by atoms with van der Waals surface area (Å²) in [5.41, 5.74) is 0.211. The Labute approximate surface area is 178 Å². The van der Waals surface area contributed by atoms with Crippen molar-refractivity contribution < 1.29 is 22.3 Å². The molecule has 2 aromatic carbocycles. The van der Waals surface area contributed by atoms with E-state index in [9.17, 15) is 17.6 Å². The number of rotatable bonds is 7. The van der Waals surface area contributed by atoms with E-state index in [-0.39, 0.29) is 22.8 Å². The average Bonchev–Trinajstić information content (AvgIpc) is 3.23. The van der Waals surface area contributed by atoms with Gasteiger partial charge < -0.3 is 10.1 Å². The minimum Gasteiger partial charge on any atom is -0.488 e.